The molecule has 2 aromatic heterocycles. The number of aromatic nitrogens is 3. The van der Waals surface area contributed by atoms with Crippen molar-refractivity contribution in [2.45, 2.75) is 0 Å². The van der Waals surface area contributed by atoms with Crippen LogP contribution in [0.2, 0.25) is 0 Å². The maximum atomic E-state index is 13.6. The van der Waals surface area contributed by atoms with Crippen LogP contribution in [0.4, 0.5) is 4.39 Å². The topological polar surface area (TPSA) is 41.6 Å². The maximum Gasteiger partial charge on any atom is 0.152 e. The fourth-order valence-corrected chi connectivity index (χ4v) is 2.01. The second-order valence-electron chi connectivity index (χ2n) is 3.59. The lowest BCUT2D eigenvalue weighted by Crippen LogP contribution is -1.88. The van der Waals surface area contributed by atoms with Gasteiger partial charge >= 0.3 is 0 Å². The standard InChI is InChI=1S/C12H7BrFN3/c13-11-5-7(8(14)6-15-11)12-16-9-3-1-2-4-10(9)17-12/h1-6H,(H,16,17). The molecule has 0 amide bonds. The van der Waals surface area contributed by atoms with Crippen LogP contribution in [0.25, 0.3) is 22.4 Å². The van der Waals surface area contributed by atoms with Crippen molar-refractivity contribution in [1.29, 1.82) is 0 Å². The number of hydrogen-bond acceptors (Lipinski definition) is 2. The zero-order valence-electron chi connectivity index (χ0n) is 8.61. The molecule has 0 fully saturated rings. The fourth-order valence-electron chi connectivity index (χ4n) is 1.68. The van der Waals surface area contributed by atoms with Crippen molar-refractivity contribution in [3.05, 3.63) is 46.9 Å². The van der Waals surface area contributed by atoms with Crippen LogP contribution in [0.1, 0.15) is 0 Å². The second kappa shape index (κ2) is 3.92. The Labute approximate surface area is 105 Å². The number of fused-ring (bicyclic) bond motifs is 1. The van der Waals surface area contributed by atoms with Crippen LogP contribution in [0.5, 0.6) is 0 Å². The maximum absolute atomic E-state index is 13.6. The van der Waals surface area contributed by atoms with Gasteiger partial charge in [-0.15, -0.1) is 0 Å². The van der Waals surface area contributed by atoms with E-state index in [1.54, 1.807) is 6.07 Å². The van der Waals surface area contributed by atoms with E-state index in [1.165, 1.54) is 6.20 Å². The van der Waals surface area contributed by atoms with Gasteiger partial charge in [-0.1, -0.05) is 12.1 Å². The molecular weight excluding hydrogens is 285 g/mol. The average Bonchev–Trinajstić information content (AvgIpc) is 2.75. The van der Waals surface area contributed by atoms with E-state index in [4.69, 9.17) is 0 Å². The SMILES string of the molecule is Fc1cnc(Br)cc1-c1nc2ccccc2[nH]1. The highest BCUT2D eigenvalue weighted by Crippen LogP contribution is 2.24. The van der Waals surface area contributed by atoms with Crippen molar-refractivity contribution in [3.63, 3.8) is 0 Å². The molecule has 0 radical (unpaired) electrons. The lowest BCUT2D eigenvalue weighted by atomic mass is 10.2. The summed E-state index contributed by atoms with van der Waals surface area (Å²) in [5.74, 6) is 0.110. The molecule has 2 heterocycles. The molecule has 0 unspecified atom stereocenters. The molecule has 0 atom stereocenters. The van der Waals surface area contributed by atoms with Crippen molar-refractivity contribution < 1.29 is 4.39 Å². The number of rotatable bonds is 1. The van der Waals surface area contributed by atoms with E-state index in [0.717, 1.165) is 11.0 Å². The number of H-pyrrole nitrogens is 1. The van der Waals surface area contributed by atoms with Gasteiger partial charge in [0.05, 0.1) is 22.8 Å². The summed E-state index contributed by atoms with van der Waals surface area (Å²) < 4.78 is 14.2. The quantitative estimate of drug-likeness (QED) is 0.697. The molecule has 3 rings (SSSR count). The third-order valence-corrected chi connectivity index (χ3v) is 2.90. The van der Waals surface area contributed by atoms with E-state index in [2.05, 4.69) is 30.9 Å². The van der Waals surface area contributed by atoms with Gasteiger partial charge in [0, 0.05) is 0 Å². The Balaban J connectivity index is 2.23. The van der Waals surface area contributed by atoms with E-state index < -0.39 is 5.82 Å². The Hall–Kier alpha value is -1.75. The van der Waals surface area contributed by atoms with Gasteiger partial charge in [-0.25, -0.2) is 14.4 Å². The summed E-state index contributed by atoms with van der Waals surface area (Å²) in [7, 11) is 0. The van der Waals surface area contributed by atoms with Crippen molar-refractivity contribution in [2.75, 3.05) is 0 Å². The first-order valence-electron chi connectivity index (χ1n) is 5.00. The molecule has 3 nitrogen and oxygen atoms in total. The molecule has 0 aliphatic carbocycles. The number of benzene rings is 1. The van der Waals surface area contributed by atoms with Gasteiger partial charge in [0.15, 0.2) is 5.82 Å². The lowest BCUT2D eigenvalue weighted by molar-refractivity contribution is 0.623. The van der Waals surface area contributed by atoms with E-state index in [-0.39, 0.29) is 0 Å². The Kier molecular flexibility index (Phi) is 2.40. The highest BCUT2D eigenvalue weighted by Gasteiger charge is 2.10. The number of halogens is 2. The predicted molar refractivity (Wildman–Crippen MR) is 67.0 cm³/mol. The molecule has 5 heteroatoms. The first kappa shape index (κ1) is 10.4. The van der Waals surface area contributed by atoms with Crippen LogP contribution in [0.3, 0.4) is 0 Å². The lowest BCUT2D eigenvalue weighted by Gasteiger charge is -1.98. The van der Waals surface area contributed by atoms with E-state index in [1.807, 2.05) is 24.3 Å². The number of pyridine rings is 1. The third-order valence-electron chi connectivity index (χ3n) is 2.47. The highest BCUT2D eigenvalue weighted by atomic mass is 79.9. The van der Waals surface area contributed by atoms with Gasteiger partial charge in [0.25, 0.3) is 0 Å². The first-order valence-corrected chi connectivity index (χ1v) is 5.79. The molecule has 17 heavy (non-hydrogen) atoms. The summed E-state index contributed by atoms with van der Waals surface area (Å²) >= 11 is 3.22. The highest BCUT2D eigenvalue weighted by molar-refractivity contribution is 9.10. The molecule has 0 aliphatic heterocycles. The Morgan fingerprint density at radius 3 is 2.88 bits per heavy atom. The summed E-state index contributed by atoms with van der Waals surface area (Å²) in [5.41, 5.74) is 2.10. The minimum Gasteiger partial charge on any atom is -0.338 e. The number of nitrogens with one attached hydrogen (secondary N) is 1. The first-order chi connectivity index (χ1) is 8.24. The largest absolute Gasteiger partial charge is 0.338 e. The van der Waals surface area contributed by atoms with Crippen LogP contribution in [-0.4, -0.2) is 15.0 Å². The van der Waals surface area contributed by atoms with Crippen LogP contribution >= 0.6 is 15.9 Å². The number of nitrogens with zero attached hydrogens (tertiary/aromatic N) is 2. The minimum absolute atomic E-state index is 0.396. The summed E-state index contributed by atoms with van der Waals surface area (Å²) in [6.45, 7) is 0. The Morgan fingerprint density at radius 2 is 2.06 bits per heavy atom. The number of hydrogen-bond donors (Lipinski definition) is 1. The Bertz CT molecular complexity index is 660. The molecule has 0 saturated heterocycles. The van der Waals surface area contributed by atoms with Crippen LogP contribution in [0.15, 0.2) is 41.1 Å². The van der Waals surface area contributed by atoms with E-state index >= 15 is 0 Å². The van der Waals surface area contributed by atoms with Gasteiger partial charge in [0.1, 0.15) is 10.4 Å². The third kappa shape index (κ3) is 1.82. The average molecular weight is 292 g/mol. The summed E-state index contributed by atoms with van der Waals surface area (Å²) in [6.07, 6.45) is 1.17. The molecule has 0 saturated carbocycles. The molecule has 0 spiro atoms. The number of para-hydroxylation sites is 2. The van der Waals surface area contributed by atoms with Gasteiger partial charge < -0.3 is 4.98 Å². The minimum atomic E-state index is -0.396. The van der Waals surface area contributed by atoms with Crippen molar-refractivity contribution in [3.8, 4) is 11.4 Å². The van der Waals surface area contributed by atoms with Crippen molar-refractivity contribution in [2.24, 2.45) is 0 Å². The molecule has 1 N–H and O–H groups in total. The van der Waals surface area contributed by atoms with Crippen LogP contribution in [0, 0.1) is 5.82 Å². The molecular formula is C12H7BrFN3. The van der Waals surface area contributed by atoms with E-state index in [0.29, 0.717) is 16.0 Å². The summed E-state index contributed by atoms with van der Waals surface area (Å²) in [5, 5.41) is 0. The Morgan fingerprint density at radius 1 is 1.24 bits per heavy atom. The molecule has 3 aromatic rings. The summed E-state index contributed by atoms with van der Waals surface area (Å²) in [6, 6.07) is 9.19. The molecule has 84 valence electrons. The van der Waals surface area contributed by atoms with Gasteiger partial charge in [-0.3, -0.25) is 0 Å². The van der Waals surface area contributed by atoms with E-state index in [9.17, 15) is 4.39 Å². The molecule has 0 aliphatic rings. The fraction of sp³-hybridized carbons (Fsp3) is 0. The van der Waals surface area contributed by atoms with Crippen LogP contribution in [-0.2, 0) is 0 Å². The zero-order valence-corrected chi connectivity index (χ0v) is 10.2. The van der Waals surface area contributed by atoms with Crippen LogP contribution < -0.4 is 0 Å². The monoisotopic (exact) mass is 291 g/mol. The van der Waals surface area contributed by atoms with Gasteiger partial charge in [-0.05, 0) is 34.1 Å². The second-order valence-corrected chi connectivity index (χ2v) is 4.40. The van der Waals surface area contributed by atoms with Crippen molar-refractivity contribution in [1.82, 2.24) is 15.0 Å². The molecule has 1 aromatic carbocycles. The van der Waals surface area contributed by atoms with Gasteiger partial charge in [-0.2, -0.15) is 0 Å². The zero-order chi connectivity index (χ0) is 11.8. The predicted octanol–water partition coefficient (Wildman–Crippen LogP) is 3.53. The van der Waals surface area contributed by atoms with Crippen molar-refractivity contribution >= 4 is 27.0 Å². The normalized spacial score (nSPS) is 10.9. The number of aromatic amines is 1. The molecule has 0 bridgehead atoms. The smallest absolute Gasteiger partial charge is 0.152 e. The van der Waals surface area contributed by atoms with Gasteiger partial charge in [0.2, 0.25) is 0 Å². The number of imidazole rings is 1. The summed E-state index contributed by atoms with van der Waals surface area (Å²) in [4.78, 5) is 11.2.